The lowest BCUT2D eigenvalue weighted by atomic mass is 9.88. The maximum absolute atomic E-state index is 11.3. The fraction of sp³-hybridized carbons (Fsp3) is 0.265. The predicted octanol–water partition coefficient (Wildman–Crippen LogP) is 5.09. The van der Waals surface area contributed by atoms with E-state index in [9.17, 15) is 10.2 Å². The number of aliphatic hydroxyl groups excluding tert-OH is 2. The molecule has 0 fully saturated rings. The van der Waals surface area contributed by atoms with Crippen LogP contribution in [0, 0.1) is 11.3 Å². The molecular formula is C34H39N3O4. The van der Waals surface area contributed by atoms with E-state index < -0.39 is 6.23 Å². The van der Waals surface area contributed by atoms with Crippen LogP contribution in [0.2, 0.25) is 0 Å². The number of ether oxygens (including phenoxy) is 2. The highest BCUT2D eigenvalue weighted by atomic mass is 16.5. The van der Waals surface area contributed by atoms with Gasteiger partial charge in [-0.3, -0.25) is 10.7 Å². The van der Waals surface area contributed by atoms with Crippen molar-refractivity contribution in [3.63, 3.8) is 0 Å². The molecule has 0 bridgehead atoms. The Labute approximate surface area is 242 Å². The Kier molecular flexibility index (Phi) is 10.5. The summed E-state index contributed by atoms with van der Waals surface area (Å²) in [7, 11) is 3.22. The van der Waals surface area contributed by atoms with Gasteiger partial charge in [-0.1, -0.05) is 78.9 Å². The lowest BCUT2D eigenvalue weighted by molar-refractivity contribution is 0.0902. The van der Waals surface area contributed by atoms with Crippen molar-refractivity contribution >= 4 is 5.84 Å². The lowest BCUT2D eigenvalue weighted by Gasteiger charge is -2.30. The largest absolute Gasteiger partial charge is 0.493 e. The minimum atomic E-state index is -0.923. The van der Waals surface area contributed by atoms with Gasteiger partial charge in [-0.25, -0.2) is 0 Å². The summed E-state index contributed by atoms with van der Waals surface area (Å²) in [6, 6.07) is 31.1. The molecule has 0 amide bonds. The van der Waals surface area contributed by atoms with E-state index in [-0.39, 0.29) is 24.4 Å². The Morgan fingerprint density at radius 3 is 2.17 bits per heavy atom. The molecule has 214 valence electrons. The highest BCUT2D eigenvalue weighted by Crippen LogP contribution is 2.32. The molecule has 0 aliphatic rings. The van der Waals surface area contributed by atoms with Crippen LogP contribution in [-0.4, -0.2) is 42.9 Å². The standard InChI is InChI=1S/C34H39N3O4/c1-40-31-18-16-27(21-32(31)41-2)25-12-14-26(15-13-25)34(39)37-30(17-11-23-7-4-3-5-8-23)29(22-38)20-24-9-6-10-28(19-24)33(35)36/h3-10,12-16,18-19,21,29-30,34,37-39H,11,17,20,22H2,1-2H3,(H3,35,36). The molecule has 6 N–H and O–H groups in total. The van der Waals surface area contributed by atoms with E-state index in [1.54, 1.807) is 20.3 Å². The van der Waals surface area contributed by atoms with Gasteiger partial charge >= 0.3 is 0 Å². The van der Waals surface area contributed by atoms with E-state index in [2.05, 4.69) is 17.4 Å². The average Bonchev–Trinajstić information content (AvgIpc) is 3.02. The van der Waals surface area contributed by atoms with Crippen LogP contribution in [0.5, 0.6) is 11.5 Å². The number of nitrogens with one attached hydrogen (secondary N) is 2. The summed E-state index contributed by atoms with van der Waals surface area (Å²) < 4.78 is 10.8. The van der Waals surface area contributed by atoms with Crippen molar-refractivity contribution in [1.29, 1.82) is 5.41 Å². The van der Waals surface area contributed by atoms with Crippen LogP contribution in [0.25, 0.3) is 11.1 Å². The minimum absolute atomic E-state index is 0.0121. The predicted molar refractivity (Wildman–Crippen MR) is 163 cm³/mol. The number of aliphatic hydroxyl groups is 2. The zero-order valence-corrected chi connectivity index (χ0v) is 23.6. The van der Waals surface area contributed by atoms with Crippen molar-refractivity contribution in [3.05, 3.63) is 119 Å². The Balaban J connectivity index is 1.52. The third-order valence-electron chi connectivity index (χ3n) is 7.44. The second kappa shape index (κ2) is 14.5. The van der Waals surface area contributed by atoms with Crippen molar-refractivity contribution < 1.29 is 19.7 Å². The molecule has 7 nitrogen and oxygen atoms in total. The molecule has 0 aromatic heterocycles. The number of hydrogen-bond acceptors (Lipinski definition) is 6. The Hall–Kier alpha value is -4.17. The van der Waals surface area contributed by atoms with E-state index >= 15 is 0 Å². The summed E-state index contributed by atoms with van der Waals surface area (Å²) in [5, 5.41) is 32.9. The van der Waals surface area contributed by atoms with Crippen molar-refractivity contribution in [2.45, 2.75) is 31.5 Å². The number of benzene rings is 4. The first-order valence-corrected chi connectivity index (χ1v) is 13.8. The number of nitrogen functional groups attached to an aromatic ring is 1. The molecule has 3 unspecified atom stereocenters. The molecule has 7 heteroatoms. The highest BCUT2D eigenvalue weighted by Gasteiger charge is 2.24. The SMILES string of the molecule is COc1ccc(-c2ccc(C(O)NC(CCc3ccccc3)C(CO)Cc3cccc(C(=N)N)c3)cc2)cc1OC. The van der Waals surface area contributed by atoms with Crippen LogP contribution in [0.15, 0.2) is 97.1 Å². The smallest absolute Gasteiger partial charge is 0.161 e. The number of aryl methyl sites for hydroxylation is 1. The number of rotatable bonds is 14. The highest BCUT2D eigenvalue weighted by molar-refractivity contribution is 5.95. The molecule has 0 spiro atoms. The Morgan fingerprint density at radius 2 is 1.51 bits per heavy atom. The van der Waals surface area contributed by atoms with Gasteiger partial charge in [0, 0.05) is 24.1 Å². The summed E-state index contributed by atoms with van der Waals surface area (Å²) >= 11 is 0. The zero-order valence-electron chi connectivity index (χ0n) is 23.6. The van der Waals surface area contributed by atoms with Gasteiger partial charge in [-0.15, -0.1) is 0 Å². The second-order valence-electron chi connectivity index (χ2n) is 10.2. The van der Waals surface area contributed by atoms with Gasteiger partial charge < -0.3 is 25.4 Å². The zero-order chi connectivity index (χ0) is 29.2. The van der Waals surface area contributed by atoms with Crippen LogP contribution in [0.3, 0.4) is 0 Å². The van der Waals surface area contributed by atoms with Crippen LogP contribution < -0.4 is 20.5 Å². The van der Waals surface area contributed by atoms with Crippen molar-refractivity contribution in [1.82, 2.24) is 5.32 Å². The number of amidine groups is 1. The number of hydrogen-bond donors (Lipinski definition) is 5. The molecule has 4 aromatic carbocycles. The van der Waals surface area contributed by atoms with Crippen molar-refractivity contribution in [2.75, 3.05) is 20.8 Å². The summed E-state index contributed by atoms with van der Waals surface area (Å²) in [6.07, 6.45) is 1.18. The minimum Gasteiger partial charge on any atom is -0.493 e. The van der Waals surface area contributed by atoms with E-state index in [0.29, 0.717) is 23.5 Å². The van der Waals surface area contributed by atoms with Gasteiger partial charge in [-0.2, -0.15) is 0 Å². The molecule has 0 radical (unpaired) electrons. The number of methoxy groups -OCH3 is 2. The number of nitrogens with two attached hydrogens (primary N) is 1. The first-order valence-electron chi connectivity index (χ1n) is 13.8. The van der Waals surface area contributed by atoms with Gasteiger partial charge in [0.2, 0.25) is 0 Å². The lowest BCUT2D eigenvalue weighted by Crippen LogP contribution is -2.41. The van der Waals surface area contributed by atoms with Crippen LogP contribution in [-0.2, 0) is 12.8 Å². The molecule has 41 heavy (non-hydrogen) atoms. The van der Waals surface area contributed by atoms with Gasteiger partial charge in [0.15, 0.2) is 11.5 Å². The normalized spacial score (nSPS) is 13.3. The summed E-state index contributed by atoms with van der Waals surface area (Å²) in [5.74, 6) is 1.17. The van der Waals surface area contributed by atoms with E-state index in [1.807, 2.05) is 78.9 Å². The fourth-order valence-corrected chi connectivity index (χ4v) is 5.10. The maximum Gasteiger partial charge on any atom is 0.161 e. The Morgan fingerprint density at radius 1 is 0.829 bits per heavy atom. The van der Waals surface area contributed by atoms with E-state index in [4.69, 9.17) is 20.6 Å². The van der Waals surface area contributed by atoms with Crippen LogP contribution in [0.4, 0.5) is 0 Å². The molecule has 3 atom stereocenters. The van der Waals surface area contributed by atoms with E-state index in [0.717, 1.165) is 35.1 Å². The molecule has 0 saturated heterocycles. The monoisotopic (exact) mass is 553 g/mol. The molecular weight excluding hydrogens is 514 g/mol. The molecule has 4 rings (SSSR count). The van der Waals surface area contributed by atoms with Crippen molar-refractivity contribution in [3.8, 4) is 22.6 Å². The maximum atomic E-state index is 11.3. The summed E-state index contributed by atoms with van der Waals surface area (Å²) in [4.78, 5) is 0. The quantitative estimate of drug-likeness (QED) is 0.0843. The molecule has 0 heterocycles. The molecule has 0 saturated carbocycles. The van der Waals surface area contributed by atoms with Gasteiger partial charge in [0.1, 0.15) is 12.1 Å². The first-order chi connectivity index (χ1) is 19.9. The summed E-state index contributed by atoms with van der Waals surface area (Å²) in [6.45, 7) is -0.0539. The topological polar surface area (TPSA) is 121 Å². The van der Waals surface area contributed by atoms with Gasteiger partial charge in [-0.05, 0) is 65.3 Å². The third-order valence-corrected chi connectivity index (χ3v) is 7.44. The summed E-state index contributed by atoms with van der Waals surface area (Å²) in [5.41, 5.74) is 11.2. The van der Waals surface area contributed by atoms with Gasteiger partial charge in [0.05, 0.1) is 14.2 Å². The fourth-order valence-electron chi connectivity index (χ4n) is 5.10. The first kappa shape index (κ1) is 29.8. The van der Waals surface area contributed by atoms with E-state index in [1.165, 1.54) is 5.56 Å². The molecule has 0 aliphatic heterocycles. The van der Waals surface area contributed by atoms with Gasteiger partial charge in [0.25, 0.3) is 0 Å². The average molecular weight is 554 g/mol. The van der Waals surface area contributed by atoms with Crippen LogP contribution in [0.1, 0.15) is 34.9 Å². The third kappa shape index (κ3) is 7.95. The molecule has 4 aromatic rings. The second-order valence-corrected chi connectivity index (χ2v) is 10.2. The van der Waals surface area contributed by atoms with Crippen molar-refractivity contribution in [2.24, 2.45) is 11.7 Å². The van der Waals surface area contributed by atoms with Crippen LogP contribution >= 0.6 is 0 Å². The Bertz CT molecular complexity index is 1410. The molecule has 0 aliphatic carbocycles.